The third-order valence-electron chi connectivity index (χ3n) is 7.91. The highest BCUT2D eigenvalue weighted by atomic mass is 35.5. The minimum absolute atomic E-state index is 0.0341. The van der Waals surface area contributed by atoms with E-state index >= 15 is 0 Å². The molecule has 3 aromatic carbocycles. The van der Waals surface area contributed by atoms with Crippen LogP contribution in [0.5, 0.6) is 5.75 Å². The van der Waals surface area contributed by atoms with E-state index in [4.69, 9.17) is 27.9 Å². The second kappa shape index (κ2) is 12.9. The van der Waals surface area contributed by atoms with E-state index < -0.39 is 17.7 Å². The maximum atomic E-state index is 15.0. The summed E-state index contributed by atoms with van der Waals surface area (Å²) >= 11 is 13.1. The molecule has 2 aromatic heterocycles. The van der Waals surface area contributed by atoms with Crippen LogP contribution in [0.4, 0.5) is 10.1 Å². The number of nitrogens with one attached hydrogen (secondary N) is 2. The topological polar surface area (TPSA) is 98.2 Å². The fourth-order valence-corrected chi connectivity index (χ4v) is 5.96. The van der Waals surface area contributed by atoms with Crippen molar-refractivity contribution in [3.8, 4) is 16.9 Å². The summed E-state index contributed by atoms with van der Waals surface area (Å²) < 4.78 is 27.5. The summed E-state index contributed by atoms with van der Waals surface area (Å²) in [4.78, 5) is 28.9. The van der Waals surface area contributed by atoms with Crippen LogP contribution in [0, 0.1) is 33.5 Å². The van der Waals surface area contributed by atoms with Crippen LogP contribution in [-0.2, 0) is 18.2 Å². The number of nitrogens with zero attached hydrogens (tertiary/aromatic N) is 2. The van der Waals surface area contributed by atoms with Crippen molar-refractivity contribution in [1.29, 1.82) is 0 Å². The fraction of sp³-hybridized carbons (Fsp3) is 0.265. The number of esters is 1. The Morgan fingerprint density at radius 2 is 1.73 bits per heavy atom. The number of hydrogen-bond acceptors (Lipinski definition) is 5. The Labute approximate surface area is 270 Å². The Morgan fingerprint density at radius 3 is 2.36 bits per heavy atom. The van der Waals surface area contributed by atoms with Gasteiger partial charge >= 0.3 is 5.97 Å². The summed E-state index contributed by atoms with van der Waals surface area (Å²) in [5.74, 6) is -1.27. The average molecular weight is 652 g/mol. The number of aryl methyl sites for hydroxylation is 5. The number of hydrogen-bond donors (Lipinski definition) is 2. The van der Waals surface area contributed by atoms with Crippen molar-refractivity contribution in [2.45, 2.75) is 40.5 Å². The number of rotatable bonds is 9. The number of benzene rings is 3. The Balaban J connectivity index is 1.52. The van der Waals surface area contributed by atoms with Crippen LogP contribution in [0.25, 0.3) is 22.0 Å². The first-order valence-corrected chi connectivity index (χ1v) is 15.1. The van der Waals surface area contributed by atoms with Crippen molar-refractivity contribution in [3.05, 3.63) is 97.7 Å². The van der Waals surface area contributed by atoms with Crippen LogP contribution in [0.2, 0.25) is 10.0 Å². The molecule has 0 fully saturated rings. The molecule has 0 spiro atoms. The van der Waals surface area contributed by atoms with Gasteiger partial charge in [0.1, 0.15) is 17.3 Å². The monoisotopic (exact) mass is 650 g/mol. The van der Waals surface area contributed by atoms with Gasteiger partial charge in [0, 0.05) is 34.3 Å². The number of H-pyrrole nitrogens is 1. The van der Waals surface area contributed by atoms with Crippen molar-refractivity contribution in [2.75, 3.05) is 19.0 Å². The van der Waals surface area contributed by atoms with Crippen LogP contribution in [-0.4, -0.2) is 40.4 Å². The van der Waals surface area contributed by atoms with Crippen LogP contribution >= 0.6 is 23.2 Å². The Kier molecular flexibility index (Phi) is 9.23. The van der Waals surface area contributed by atoms with Gasteiger partial charge in [0.2, 0.25) is 0 Å². The second-order valence-electron chi connectivity index (χ2n) is 11.0. The number of anilines is 1. The predicted octanol–water partition coefficient (Wildman–Crippen LogP) is 8.30. The molecule has 0 atom stereocenters. The highest BCUT2D eigenvalue weighted by molar-refractivity contribution is 6.35. The summed E-state index contributed by atoms with van der Waals surface area (Å²) in [6.45, 7) is 8.12. The van der Waals surface area contributed by atoms with Crippen LogP contribution in [0.15, 0.2) is 42.5 Å². The van der Waals surface area contributed by atoms with E-state index in [0.717, 1.165) is 50.7 Å². The van der Waals surface area contributed by atoms with E-state index in [0.29, 0.717) is 40.8 Å². The van der Waals surface area contributed by atoms with Gasteiger partial charge in [-0.2, -0.15) is 5.10 Å². The zero-order valence-electron chi connectivity index (χ0n) is 25.8. The third-order valence-corrected chi connectivity index (χ3v) is 8.82. The summed E-state index contributed by atoms with van der Waals surface area (Å²) in [6.07, 6.45) is 1.06. The molecule has 234 valence electrons. The maximum Gasteiger partial charge on any atom is 0.337 e. The highest BCUT2D eigenvalue weighted by Gasteiger charge is 2.25. The standard InChI is InChI=1S/C34H33Cl2FN4O4/c1-17-14-22(15-18(2)30(17)36)45-13-7-8-23-24-10-11-25(35)29(28-19(3)40-41(5)20(28)4)31(24)39-32(23)33(42)38-27-12-9-21(16-26(27)37)34(43)44-6/h9-12,14-16,39H,7-8,13H2,1-6H3,(H,38,42). The summed E-state index contributed by atoms with van der Waals surface area (Å²) in [5.41, 5.74) is 6.80. The molecule has 2 heterocycles. The molecule has 0 aliphatic rings. The minimum Gasteiger partial charge on any atom is -0.494 e. The van der Waals surface area contributed by atoms with Gasteiger partial charge < -0.3 is 19.8 Å². The van der Waals surface area contributed by atoms with Crippen LogP contribution in [0.3, 0.4) is 0 Å². The lowest BCUT2D eigenvalue weighted by Gasteiger charge is -2.11. The molecular formula is C34H33Cl2FN4O4. The van der Waals surface area contributed by atoms with Crippen LogP contribution in [0.1, 0.15) is 55.3 Å². The van der Waals surface area contributed by atoms with E-state index in [2.05, 4.69) is 20.1 Å². The number of carbonyl (C=O) groups excluding carboxylic acids is 2. The number of ether oxygens (including phenoxy) is 2. The molecule has 11 heteroatoms. The van der Waals surface area contributed by atoms with Gasteiger partial charge in [0.15, 0.2) is 0 Å². The molecular weight excluding hydrogens is 618 g/mol. The van der Waals surface area contributed by atoms with Gasteiger partial charge in [-0.25, -0.2) is 9.18 Å². The molecule has 0 aliphatic heterocycles. The van der Waals surface area contributed by atoms with E-state index in [1.54, 1.807) is 4.68 Å². The quantitative estimate of drug-likeness (QED) is 0.123. The molecule has 1 amide bonds. The molecule has 0 bridgehead atoms. The Hall–Kier alpha value is -4.34. The normalized spacial score (nSPS) is 11.2. The van der Waals surface area contributed by atoms with Crippen LogP contribution < -0.4 is 10.1 Å². The molecule has 0 unspecified atom stereocenters. The second-order valence-corrected chi connectivity index (χ2v) is 11.7. The maximum absolute atomic E-state index is 15.0. The number of fused-ring (bicyclic) bond motifs is 1. The van der Waals surface area contributed by atoms with Crippen molar-refractivity contribution >= 4 is 51.7 Å². The number of aromatic nitrogens is 3. The van der Waals surface area contributed by atoms with E-state index in [-0.39, 0.29) is 16.9 Å². The molecule has 0 radical (unpaired) electrons. The number of halogens is 3. The number of amides is 1. The number of carbonyl (C=O) groups is 2. The van der Waals surface area contributed by atoms with Gasteiger partial charge in [0.05, 0.1) is 41.2 Å². The van der Waals surface area contributed by atoms with Gasteiger partial charge in [-0.15, -0.1) is 0 Å². The van der Waals surface area contributed by atoms with E-state index in [1.165, 1.54) is 19.2 Å². The lowest BCUT2D eigenvalue weighted by molar-refractivity contribution is 0.0600. The largest absolute Gasteiger partial charge is 0.494 e. The molecule has 0 aliphatic carbocycles. The molecule has 0 saturated carbocycles. The molecule has 5 aromatic rings. The zero-order chi connectivity index (χ0) is 32.6. The van der Waals surface area contributed by atoms with Gasteiger partial charge in [0.25, 0.3) is 5.91 Å². The van der Waals surface area contributed by atoms with Crippen molar-refractivity contribution in [3.63, 3.8) is 0 Å². The van der Waals surface area contributed by atoms with Crippen molar-refractivity contribution < 1.29 is 23.5 Å². The molecule has 5 rings (SSSR count). The first-order valence-electron chi connectivity index (χ1n) is 14.3. The zero-order valence-corrected chi connectivity index (χ0v) is 27.3. The third kappa shape index (κ3) is 6.28. The first-order chi connectivity index (χ1) is 21.4. The van der Waals surface area contributed by atoms with Gasteiger partial charge in [-0.1, -0.05) is 29.3 Å². The summed E-state index contributed by atoms with van der Waals surface area (Å²) in [5, 5.41) is 9.24. The minimum atomic E-state index is -0.767. The van der Waals surface area contributed by atoms with Gasteiger partial charge in [-0.3, -0.25) is 9.48 Å². The van der Waals surface area contributed by atoms with Gasteiger partial charge in [-0.05, 0) is 93.6 Å². The lowest BCUT2D eigenvalue weighted by Crippen LogP contribution is -2.16. The smallest absolute Gasteiger partial charge is 0.337 e. The van der Waals surface area contributed by atoms with E-state index in [1.807, 2.05) is 59.0 Å². The van der Waals surface area contributed by atoms with E-state index in [9.17, 15) is 14.0 Å². The summed E-state index contributed by atoms with van der Waals surface area (Å²) in [7, 11) is 3.08. The number of aromatic amines is 1. The molecule has 45 heavy (non-hydrogen) atoms. The predicted molar refractivity (Wildman–Crippen MR) is 175 cm³/mol. The molecule has 8 nitrogen and oxygen atoms in total. The molecule has 0 saturated heterocycles. The number of methoxy groups -OCH3 is 1. The Bertz CT molecular complexity index is 1940. The average Bonchev–Trinajstić information content (AvgIpc) is 3.49. The molecule has 2 N–H and O–H groups in total. The van der Waals surface area contributed by atoms with Crippen molar-refractivity contribution in [2.24, 2.45) is 7.05 Å². The highest BCUT2D eigenvalue weighted by Crippen LogP contribution is 2.40. The lowest BCUT2D eigenvalue weighted by atomic mass is 9.98. The first kappa shape index (κ1) is 32.1. The SMILES string of the molecule is COC(=O)c1ccc(NC(=O)c2[nH]c3c(-c4c(C)nn(C)c4C)c(Cl)ccc3c2CCCOc2cc(C)c(Cl)c(C)c2)c(F)c1. The fourth-order valence-electron chi connectivity index (χ4n) is 5.60. The summed E-state index contributed by atoms with van der Waals surface area (Å²) in [6, 6.07) is 11.2. The Morgan fingerprint density at radius 1 is 1.02 bits per heavy atom. The van der Waals surface area contributed by atoms with Crippen molar-refractivity contribution in [1.82, 2.24) is 14.8 Å².